The van der Waals surface area contributed by atoms with Gasteiger partial charge in [-0.3, -0.25) is 14.5 Å². The third-order valence-electron chi connectivity index (χ3n) is 5.26. The zero-order valence-corrected chi connectivity index (χ0v) is 16.1. The molecule has 7 heteroatoms. The van der Waals surface area contributed by atoms with Crippen molar-refractivity contribution in [1.29, 1.82) is 0 Å². The molecule has 6 nitrogen and oxygen atoms in total. The highest BCUT2D eigenvalue weighted by Gasteiger charge is 2.36. The Labute approximate surface area is 163 Å². The fraction of sp³-hybridized carbons (Fsp3) is 0.450. The Hall–Kier alpha value is -2.41. The predicted octanol–water partition coefficient (Wildman–Crippen LogP) is 2.46. The molecule has 2 aliphatic heterocycles. The summed E-state index contributed by atoms with van der Waals surface area (Å²) in [6.07, 6.45) is 5.18. The van der Waals surface area contributed by atoms with E-state index in [4.69, 9.17) is 0 Å². The van der Waals surface area contributed by atoms with Crippen LogP contribution < -0.4 is 15.1 Å². The standard InChI is InChI=1S/C20H24N4O2S/c25-18-13-16(14-24(18)20-22-9-12-27-20)19(26)21-8-4-11-23-10-3-6-15-5-1-2-7-17(15)23/h1-2,5,7,9,12,16H,3-4,6,8,10-11,13-14H2,(H,21,26). The van der Waals surface area contributed by atoms with Gasteiger partial charge < -0.3 is 10.2 Å². The van der Waals surface area contributed by atoms with Gasteiger partial charge in [0.25, 0.3) is 0 Å². The van der Waals surface area contributed by atoms with Crippen LogP contribution in [0.2, 0.25) is 0 Å². The number of para-hydroxylation sites is 1. The molecule has 1 aromatic carbocycles. The van der Waals surface area contributed by atoms with E-state index >= 15 is 0 Å². The molecule has 1 N–H and O–H groups in total. The van der Waals surface area contributed by atoms with Crippen LogP contribution in [0.15, 0.2) is 35.8 Å². The van der Waals surface area contributed by atoms with Crippen molar-refractivity contribution in [2.24, 2.45) is 5.92 Å². The molecule has 0 aliphatic carbocycles. The maximum atomic E-state index is 12.4. The number of hydrogen-bond donors (Lipinski definition) is 1. The van der Waals surface area contributed by atoms with Gasteiger partial charge >= 0.3 is 0 Å². The highest BCUT2D eigenvalue weighted by molar-refractivity contribution is 7.13. The van der Waals surface area contributed by atoms with Gasteiger partial charge in [0.15, 0.2) is 5.13 Å². The molecule has 4 rings (SSSR count). The molecule has 1 saturated heterocycles. The Bertz CT molecular complexity index is 808. The number of aryl methyl sites for hydroxylation is 1. The summed E-state index contributed by atoms with van der Waals surface area (Å²) in [4.78, 5) is 32.8. The van der Waals surface area contributed by atoms with E-state index in [2.05, 4.69) is 39.5 Å². The van der Waals surface area contributed by atoms with E-state index in [9.17, 15) is 9.59 Å². The minimum atomic E-state index is -0.280. The van der Waals surface area contributed by atoms with Crippen LogP contribution in [0.4, 0.5) is 10.8 Å². The van der Waals surface area contributed by atoms with E-state index in [-0.39, 0.29) is 24.2 Å². The number of fused-ring (bicyclic) bond motifs is 1. The number of rotatable bonds is 6. The largest absolute Gasteiger partial charge is 0.371 e. The van der Waals surface area contributed by atoms with Crippen LogP contribution in [-0.4, -0.2) is 43.0 Å². The van der Waals surface area contributed by atoms with Gasteiger partial charge in [-0.2, -0.15) is 0 Å². The lowest BCUT2D eigenvalue weighted by atomic mass is 10.0. The van der Waals surface area contributed by atoms with E-state index in [1.165, 1.54) is 29.0 Å². The van der Waals surface area contributed by atoms with Gasteiger partial charge in [0.2, 0.25) is 11.8 Å². The van der Waals surface area contributed by atoms with Gasteiger partial charge in [-0.25, -0.2) is 4.98 Å². The van der Waals surface area contributed by atoms with Crippen LogP contribution in [0, 0.1) is 5.92 Å². The monoisotopic (exact) mass is 384 g/mol. The summed E-state index contributed by atoms with van der Waals surface area (Å²) in [5.41, 5.74) is 2.75. The minimum absolute atomic E-state index is 0.0185. The first kappa shape index (κ1) is 18.0. The zero-order chi connectivity index (χ0) is 18.6. The van der Waals surface area contributed by atoms with Crippen molar-refractivity contribution in [2.75, 3.05) is 36.0 Å². The number of hydrogen-bond acceptors (Lipinski definition) is 5. The van der Waals surface area contributed by atoms with Crippen molar-refractivity contribution in [3.05, 3.63) is 41.4 Å². The maximum Gasteiger partial charge on any atom is 0.229 e. The second-order valence-corrected chi connectivity index (χ2v) is 7.96. The van der Waals surface area contributed by atoms with Gasteiger partial charge in [-0.15, -0.1) is 11.3 Å². The van der Waals surface area contributed by atoms with Gasteiger partial charge in [-0.1, -0.05) is 18.2 Å². The fourth-order valence-electron chi connectivity index (χ4n) is 3.89. The summed E-state index contributed by atoms with van der Waals surface area (Å²) in [7, 11) is 0. The lowest BCUT2D eigenvalue weighted by Gasteiger charge is -2.31. The lowest BCUT2D eigenvalue weighted by molar-refractivity contribution is -0.126. The topological polar surface area (TPSA) is 65.5 Å². The molecule has 2 aromatic rings. The number of carbonyl (C=O) groups excluding carboxylic acids is 2. The molecule has 0 spiro atoms. The number of carbonyl (C=O) groups is 2. The summed E-state index contributed by atoms with van der Waals surface area (Å²) in [5.74, 6) is -0.325. The third kappa shape index (κ3) is 3.98. The lowest BCUT2D eigenvalue weighted by Crippen LogP contribution is -2.36. The van der Waals surface area contributed by atoms with Crippen LogP contribution >= 0.6 is 11.3 Å². The predicted molar refractivity (Wildman–Crippen MR) is 107 cm³/mol. The SMILES string of the molecule is O=C(NCCCN1CCCc2ccccc21)C1CC(=O)N(c2nccs2)C1. The molecule has 2 amide bonds. The minimum Gasteiger partial charge on any atom is -0.371 e. The number of amides is 2. The Morgan fingerprint density at radius 3 is 3.07 bits per heavy atom. The summed E-state index contributed by atoms with van der Waals surface area (Å²) in [6, 6.07) is 8.57. The van der Waals surface area contributed by atoms with Crippen molar-refractivity contribution in [1.82, 2.24) is 10.3 Å². The molecule has 0 saturated carbocycles. The van der Waals surface area contributed by atoms with Crippen molar-refractivity contribution >= 4 is 34.0 Å². The van der Waals surface area contributed by atoms with Crippen LogP contribution in [0.5, 0.6) is 0 Å². The van der Waals surface area contributed by atoms with E-state index in [1.54, 1.807) is 11.1 Å². The average molecular weight is 385 g/mol. The second kappa shape index (κ2) is 8.08. The maximum absolute atomic E-state index is 12.4. The first-order chi connectivity index (χ1) is 13.2. The van der Waals surface area contributed by atoms with Crippen LogP contribution in [0.1, 0.15) is 24.8 Å². The van der Waals surface area contributed by atoms with Crippen molar-refractivity contribution in [2.45, 2.75) is 25.7 Å². The summed E-state index contributed by atoms with van der Waals surface area (Å²) < 4.78 is 0. The van der Waals surface area contributed by atoms with E-state index in [0.717, 1.165) is 25.9 Å². The number of nitrogens with one attached hydrogen (secondary N) is 1. The number of benzene rings is 1. The molecule has 1 aromatic heterocycles. The van der Waals surface area contributed by atoms with Crippen molar-refractivity contribution in [3.63, 3.8) is 0 Å². The molecule has 3 heterocycles. The summed E-state index contributed by atoms with van der Waals surface area (Å²) >= 11 is 1.43. The quantitative estimate of drug-likeness (QED) is 0.777. The first-order valence-electron chi connectivity index (χ1n) is 9.53. The molecule has 0 bridgehead atoms. The molecular weight excluding hydrogens is 360 g/mol. The Balaban J connectivity index is 1.23. The van der Waals surface area contributed by atoms with Crippen LogP contribution in [0.25, 0.3) is 0 Å². The van der Waals surface area contributed by atoms with Crippen molar-refractivity contribution in [3.8, 4) is 0 Å². The van der Waals surface area contributed by atoms with Gasteiger partial charge in [0, 0.05) is 49.9 Å². The van der Waals surface area contributed by atoms with Gasteiger partial charge in [0.1, 0.15) is 0 Å². The molecule has 142 valence electrons. The molecular formula is C20H24N4O2S. The van der Waals surface area contributed by atoms with E-state index < -0.39 is 0 Å². The van der Waals surface area contributed by atoms with Gasteiger partial charge in [0.05, 0.1) is 5.92 Å². The molecule has 0 radical (unpaired) electrons. The molecule has 1 fully saturated rings. The van der Waals surface area contributed by atoms with E-state index in [1.807, 2.05) is 5.38 Å². The Morgan fingerprint density at radius 1 is 1.33 bits per heavy atom. The first-order valence-corrected chi connectivity index (χ1v) is 10.4. The zero-order valence-electron chi connectivity index (χ0n) is 15.3. The molecule has 2 aliphatic rings. The van der Waals surface area contributed by atoms with Crippen molar-refractivity contribution < 1.29 is 9.59 Å². The average Bonchev–Trinajstić information content (AvgIpc) is 3.34. The smallest absolute Gasteiger partial charge is 0.229 e. The number of nitrogens with zero attached hydrogens (tertiary/aromatic N) is 3. The van der Waals surface area contributed by atoms with Gasteiger partial charge in [-0.05, 0) is 30.9 Å². The van der Waals surface area contributed by atoms with E-state index in [0.29, 0.717) is 18.2 Å². The summed E-state index contributed by atoms with van der Waals surface area (Å²) in [6.45, 7) is 3.08. The normalized spacial score (nSPS) is 19.3. The highest BCUT2D eigenvalue weighted by atomic mass is 32.1. The van der Waals surface area contributed by atoms with Crippen LogP contribution in [-0.2, 0) is 16.0 Å². The Morgan fingerprint density at radius 2 is 2.22 bits per heavy atom. The number of thiazole rings is 1. The molecule has 1 unspecified atom stereocenters. The fourth-order valence-corrected chi connectivity index (χ4v) is 4.56. The number of aromatic nitrogens is 1. The summed E-state index contributed by atoms with van der Waals surface area (Å²) in [5, 5.41) is 5.53. The number of anilines is 2. The van der Waals surface area contributed by atoms with Crippen LogP contribution in [0.3, 0.4) is 0 Å². The Kier molecular flexibility index (Phi) is 5.38. The molecule has 27 heavy (non-hydrogen) atoms. The second-order valence-electron chi connectivity index (χ2n) is 7.08. The molecule has 1 atom stereocenters. The third-order valence-corrected chi connectivity index (χ3v) is 6.05. The highest BCUT2D eigenvalue weighted by Crippen LogP contribution is 2.27.